The van der Waals surface area contributed by atoms with Crippen molar-refractivity contribution in [3.8, 4) is 5.75 Å². The van der Waals surface area contributed by atoms with Gasteiger partial charge in [-0.15, -0.1) is 0 Å². The molecule has 9 heteroatoms. The monoisotopic (exact) mass is 449 g/mol. The molecule has 0 bridgehead atoms. The van der Waals surface area contributed by atoms with E-state index < -0.39 is 27.2 Å². The minimum Gasteiger partial charge on any atom is -0.423 e. The third kappa shape index (κ3) is 4.89. The Morgan fingerprint density at radius 1 is 1.10 bits per heavy atom. The lowest BCUT2D eigenvalue weighted by Crippen LogP contribution is -2.40. The number of fused-ring (bicyclic) bond motifs is 1. The molecule has 2 aromatic carbocycles. The van der Waals surface area contributed by atoms with Gasteiger partial charge in [-0.05, 0) is 63.6 Å². The van der Waals surface area contributed by atoms with Gasteiger partial charge < -0.3 is 9.15 Å². The van der Waals surface area contributed by atoms with Crippen LogP contribution in [-0.2, 0) is 10.0 Å². The lowest BCUT2D eigenvalue weighted by molar-refractivity contribution is 0.0734. The molecule has 0 saturated heterocycles. The highest BCUT2D eigenvalue weighted by Crippen LogP contribution is 2.26. The van der Waals surface area contributed by atoms with Crippen LogP contribution >= 0.6 is 11.6 Å². The van der Waals surface area contributed by atoms with Crippen molar-refractivity contribution >= 4 is 38.6 Å². The van der Waals surface area contributed by atoms with Crippen molar-refractivity contribution in [2.75, 3.05) is 0 Å². The number of nitrogens with one attached hydrogen (secondary N) is 1. The molecule has 7 nitrogen and oxygen atoms in total. The van der Waals surface area contributed by atoms with Gasteiger partial charge in [-0.2, -0.15) is 0 Å². The molecule has 1 N–H and O–H groups in total. The van der Waals surface area contributed by atoms with E-state index in [1.54, 1.807) is 39.8 Å². The summed E-state index contributed by atoms with van der Waals surface area (Å²) in [5, 5.41) is 0.689. The summed E-state index contributed by atoms with van der Waals surface area (Å²) in [5.74, 6) is -0.637. The fourth-order valence-electron chi connectivity index (χ4n) is 2.83. The molecule has 1 aromatic heterocycles. The largest absolute Gasteiger partial charge is 0.423 e. The summed E-state index contributed by atoms with van der Waals surface area (Å²) in [5.41, 5.74) is -0.231. The van der Waals surface area contributed by atoms with Crippen molar-refractivity contribution in [3.05, 3.63) is 69.0 Å². The van der Waals surface area contributed by atoms with Crippen LogP contribution in [0.5, 0.6) is 5.75 Å². The van der Waals surface area contributed by atoms with Gasteiger partial charge in [-0.25, -0.2) is 22.7 Å². The number of benzene rings is 2. The molecule has 0 fully saturated rings. The van der Waals surface area contributed by atoms with E-state index in [2.05, 4.69) is 4.72 Å². The Hall–Kier alpha value is -2.68. The van der Waals surface area contributed by atoms with Crippen molar-refractivity contribution in [2.24, 2.45) is 0 Å². The second-order valence-corrected chi connectivity index (χ2v) is 9.85. The lowest BCUT2D eigenvalue weighted by Gasteiger charge is -2.21. The number of rotatable bonds is 4. The van der Waals surface area contributed by atoms with Crippen LogP contribution in [0, 0.1) is 6.92 Å². The zero-order valence-electron chi connectivity index (χ0n) is 16.8. The van der Waals surface area contributed by atoms with Gasteiger partial charge in [0, 0.05) is 23.1 Å². The van der Waals surface area contributed by atoms with E-state index in [0.29, 0.717) is 5.39 Å². The highest BCUT2D eigenvalue weighted by Gasteiger charge is 2.25. The van der Waals surface area contributed by atoms with Crippen LogP contribution in [-0.4, -0.2) is 19.9 Å². The number of hydrogen-bond acceptors (Lipinski definition) is 6. The first-order valence-corrected chi connectivity index (χ1v) is 10.8. The highest BCUT2D eigenvalue weighted by molar-refractivity contribution is 7.89. The Kier molecular flexibility index (Phi) is 5.77. The molecule has 0 unspecified atom stereocenters. The second kappa shape index (κ2) is 7.86. The Morgan fingerprint density at radius 2 is 1.80 bits per heavy atom. The molecule has 0 radical (unpaired) electrons. The number of aryl methyl sites for hydroxylation is 1. The average Bonchev–Trinajstić information content (AvgIpc) is 2.59. The van der Waals surface area contributed by atoms with Gasteiger partial charge in [-0.3, -0.25) is 0 Å². The SMILES string of the molecule is Cc1cc(=O)oc2cc(OC(=O)c3ccc(Cl)c(S(=O)(=O)NC(C)(C)C)c3)ccc12. The summed E-state index contributed by atoms with van der Waals surface area (Å²) >= 11 is 6.06. The van der Waals surface area contributed by atoms with Gasteiger partial charge >= 0.3 is 11.6 Å². The van der Waals surface area contributed by atoms with Crippen molar-refractivity contribution < 1.29 is 22.4 Å². The fraction of sp³-hybridized carbons (Fsp3) is 0.238. The molecule has 30 heavy (non-hydrogen) atoms. The van der Waals surface area contributed by atoms with E-state index in [0.717, 1.165) is 11.6 Å². The normalized spacial score (nSPS) is 12.2. The standard InChI is InChI=1S/C21H20ClNO6S/c1-12-9-19(24)29-17-11-14(6-7-15(12)17)28-20(25)13-5-8-16(22)18(10-13)30(26,27)23-21(2,3)4/h5-11,23H,1-4H3. The molecule has 0 aliphatic heterocycles. The Bertz CT molecular complexity index is 1310. The average molecular weight is 450 g/mol. The highest BCUT2D eigenvalue weighted by atomic mass is 35.5. The molecule has 0 spiro atoms. The molecule has 158 valence electrons. The van der Waals surface area contributed by atoms with Gasteiger partial charge in [0.15, 0.2) is 0 Å². The van der Waals surface area contributed by atoms with Crippen LogP contribution in [0.1, 0.15) is 36.7 Å². The summed E-state index contributed by atoms with van der Waals surface area (Å²) in [6, 6.07) is 9.86. The van der Waals surface area contributed by atoms with Crippen molar-refractivity contribution in [2.45, 2.75) is 38.1 Å². The molecule has 1 heterocycles. The summed E-state index contributed by atoms with van der Waals surface area (Å²) in [7, 11) is -3.96. The summed E-state index contributed by atoms with van der Waals surface area (Å²) < 4.78 is 38.2. The van der Waals surface area contributed by atoms with E-state index in [9.17, 15) is 18.0 Å². The van der Waals surface area contributed by atoms with Gasteiger partial charge in [0.1, 0.15) is 16.2 Å². The lowest BCUT2D eigenvalue weighted by atomic mass is 10.1. The predicted molar refractivity (Wildman–Crippen MR) is 114 cm³/mol. The molecule has 3 rings (SSSR count). The van der Waals surface area contributed by atoms with Crippen LogP contribution in [0.3, 0.4) is 0 Å². The smallest absolute Gasteiger partial charge is 0.343 e. The number of esters is 1. The third-order valence-electron chi connectivity index (χ3n) is 4.03. The van der Waals surface area contributed by atoms with Gasteiger partial charge in [0.05, 0.1) is 10.6 Å². The molecule has 0 amide bonds. The maximum Gasteiger partial charge on any atom is 0.343 e. The molecule has 0 aliphatic rings. The fourth-order valence-corrected chi connectivity index (χ4v) is 4.77. The van der Waals surface area contributed by atoms with E-state index >= 15 is 0 Å². The predicted octanol–water partition coefficient (Wildman–Crippen LogP) is 4.05. The minimum absolute atomic E-state index is 0.000485. The first-order valence-electron chi connectivity index (χ1n) is 8.96. The van der Waals surface area contributed by atoms with Crippen molar-refractivity contribution in [3.63, 3.8) is 0 Å². The van der Waals surface area contributed by atoms with Crippen LogP contribution in [0.25, 0.3) is 11.0 Å². The molecular weight excluding hydrogens is 430 g/mol. The Balaban J connectivity index is 1.93. The van der Waals surface area contributed by atoms with E-state index in [1.165, 1.54) is 24.3 Å². The first kappa shape index (κ1) is 22.0. The van der Waals surface area contributed by atoms with Gasteiger partial charge in [0.25, 0.3) is 0 Å². The summed E-state index contributed by atoms with van der Waals surface area (Å²) in [6.07, 6.45) is 0. The van der Waals surface area contributed by atoms with Crippen LogP contribution < -0.4 is 15.1 Å². The van der Waals surface area contributed by atoms with E-state index in [4.69, 9.17) is 20.8 Å². The zero-order chi connectivity index (χ0) is 22.3. The van der Waals surface area contributed by atoms with Gasteiger partial charge in [-0.1, -0.05) is 11.6 Å². The number of carbonyl (C=O) groups excluding carboxylic acids is 1. The van der Waals surface area contributed by atoms with Crippen LogP contribution in [0.2, 0.25) is 5.02 Å². The number of carbonyl (C=O) groups is 1. The van der Waals surface area contributed by atoms with Crippen molar-refractivity contribution in [1.29, 1.82) is 0 Å². The molecule has 0 atom stereocenters. The molecular formula is C21H20ClNO6S. The van der Waals surface area contributed by atoms with Crippen LogP contribution in [0.4, 0.5) is 0 Å². The Labute approximate surface area is 178 Å². The van der Waals surface area contributed by atoms with Crippen LogP contribution in [0.15, 0.2) is 56.6 Å². The topological polar surface area (TPSA) is 103 Å². The maximum absolute atomic E-state index is 12.6. The van der Waals surface area contributed by atoms with E-state index in [1.807, 2.05) is 0 Å². The number of hydrogen-bond donors (Lipinski definition) is 1. The molecule has 0 saturated carbocycles. The molecule has 0 aliphatic carbocycles. The summed E-state index contributed by atoms with van der Waals surface area (Å²) in [4.78, 5) is 23.9. The number of ether oxygens (including phenoxy) is 1. The zero-order valence-corrected chi connectivity index (χ0v) is 18.3. The second-order valence-electron chi connectivity index (χ2n) is 7.80. The number of sulfonamides is 1. The first-order chi connectivity index (χ1) is 13.9. The Morgan fingerprint density at radius 3 is 2.47 bits per heavy atom. The third-order valence-corrected chi connectivity index (χ3v) is 6.27. The summed E-state index contributed by atoms with van der Waals surface area (Å²) in [6.45, 7) is 6.84. The molecule has 3 aromatic rings. The quantitative estimate of drug-likeness (QED) is 0.366. The van der Waals surface area contributed by atoms with E-state index in [-0.39, 0.29) is 26.8 Å². The van der Waals surface area contributed by atoms with Crippen molar-refractivity contribution in [1.82, 2.24) is 4.72 Å². The van der Waals surface area contributed by atoms with Gasteiger partial charge in [0.2, 0.25) is 10.0 Å². The minimum atomic E-state index is -3.96. The maximum atomic E-state index is 12.6. The number of halogens is 1.